The minimum atomic E-state index is 0.123. The van der Waals surface area contributed by atoms with Crippen molar-refractivity contribution in [3.8, 4) is 0 Å². The molecule has 2 rings (SSSR count). The molecule has 0 amide bonds. The maximum Gasteiger partial charge on any atom is 0.123 e. The van der Waals surface area contributed by atoms with Crippen LogP contribution in [0.5, 0.6) is 0 Å². The van der Waals surface area contributed by atoms with Crippen LogP contribution in [0.1, 0.15) is 17.9 Å². The van der Waals surface area contributed by atoms with Gasteiger partial charge in [0.2, 0.25) is 0 Å². The Bertz CT molecular complexity index is 329. The van der Waals surface area contributed by atoms with Crippen LogP contribution in [0.25, 0.3) is 0 Å². The fourth-order valence-corrected chi connectivity index (χ4v) is 2.24. The molecule has 13 heavy (non-hydrogen) atoms. The van der Waals surface area contributed by atoms with E-state index in [1.54, 1.807) is 0 Å². The molecular weight excluding hydrogens is 207 g/mol. The molecule has 1 aliphatic carbocycles. The SMILES string of the molecule is O=C[C@@H]1C[C@@H]1c1c(Cl)cccc1Cl. The number of aldehydes is 1. The molecule has 1 saturated carbocycles. The van der Waals surface area contributed by atoms with Crippen LogP contribution in [0.4, 0.5) is 0 Å². The predicted molar refractivity (Wildman–Crippen MR) is 53.4 cm³/mol. The Hall–Kier alpha value is -0.530. The van der Waals surface area contributed by atoms with Gasteiger partial charge in [0.1, 0.15) is 6.29 Å². The number of halogens is 2. The zero-order valence-corrected chi connectivity index (χ0v) is 8.35. The Morgan fingerprint density at radius 2 is 1.92 bits per heavy atom. The summed E-state index contributed by atoms with van der Waals surface area (Å²) in [6.07, 6.45) is 1.86. The van der Waals surface area contributed by atoms with Gasteiger partial charge in [0.25, 0.3) is 0 Å². The van der Waals surface area contributed by atoms with E-state index in [1.165, 1.54) is 0 Å². The lowest BCUT2D eigenvalue weighted by molar-refractivity contribution is -0.108. The summed E-state index contributed by atoms with van der Waals surface area (Å²) in [5.74, 6) is 0.371. The van der Waals surface area contributed by atoms with Crippen LogP contribution in [0.2, 0.25) is 10.0 Å². The monoisotopic (exact) mass is 214 g/mol. The summed E-state index contributed by atoms with van der Waals surface area (Å²) in [5.41, 5.74) is 0.933. The number of rotatable bonds is 2. The van der Waals surface area contributed by atoms with Crippen LogP contribution in [-0.4, -0.2) is 6.29 Å². The smallest absolute Gasteiger partial charge is 0.123 e. The van der Waals surface area contributed by atoms with E-state index < -0.39 is 0 Å². The maximum absolute atomic E-state index is 10.5. The topological polar surface area (TPSA) is 17.1 Å². The third kappa shape index (κ3) is 1.59. The van der Waals surface area contributed by atoms with Gasteiger partial charge in [0.15, 0.2) is 0 Å². The lowest BCUT2D eigenvalue weighted by atomic mass is 10.1. The lowest BCUT2D eigenvalue weighted by Gasteiger charge is -2.03. The Balaban J connectivity index is 2.35. The highest BCUT2D eigenvalue weighted by Crippen LogP contribution is 2.50. The van der Waals surface area contributed by atoms with Crippen LogP contribution in [0, 0.1) is 5.92 Å². The third-order valence-corrected chi connectivity index (χ3v) is 3.04. The van der Waals surface area contributed by atoms with Crippen molar-refractivity contribution in [2.24, 2.45) is 5.92 Å². The van der Waals surface area contributed by atoms with E-state index in [1.807, 2.05) is 18.2 Å². The second-order valence-electron chi connectivity index (χ2n) is 3.28. The minimum absolute atomic E-state index is 0.123. The molecule has 1 aromatic carbocycles. The van der Waals surface area contributed by atoms with Crippen molar-refractivity contribution in [2.75, 3.05) is 0 Å². The van der Waals surface area contributed by atoms with E-state index >= 15 is 0 Å². The van der Waals surface area contributed by atoms with Gasteiger partial charge in [-0.3, -0.25) is 0 Å². The predicted octanol–water partition coefficient (Wildman–Crippen LogP) is 3.30. The van der Waals surface area contributed by atoms with Gasteiger partial charge in [-0.1, -0.05) is 29.3 Å². The first-order chi connectivity index (χ1) is 6.24. The molecule has 0 aliphatic heterocycles. The summed E-state index contributed by atoms with van der Waals surface area (Å²) >= 11 is 12.0. The van der Waals surface area contributed by atoms with Gasteiger partial charge in [-0.25, -0.2) is 0 Å². The zero-order chi connectivity index (χ0) is 9.42. The van der Waals surface area contributed by atoms with Gasteiger partial charge in [-0.15, -0.1) is 0 Å². The van der Waals surface area contributed by atoms with E-state index in [0.29, 0.717) is 10.0 Å². The Labute approximate surface area is 86.7 Å². The zero-order valence-electron chi connectivity index (χ0n) is 6.84. The standard InChI is InChI=1S/C10H8Cl2O/c11-8-2-1-3-9(12)10(8)7-4-6(7)5-13/h1-3,5-7H,4H2/t6-,7-/m0/s1. The van der Waals surface area contributed by atoms with Crippen LogP contribution in [0.15, 0.2) is 18.2 Å². The van der Waals surface area contributed by atoms with E-state index in [2.05, 4.69) is 0 Å². The van der Waals surface area contributed by atoms with Gasteiger partial charge >= 0.3 is 0 Å². The number of hydrogen-bond donors (Lipinski definition) is 0. The van der Waals surface area contributed by atoms with Crippen molar-refractivity contribution < 1.29 is 4.79 Å². The molecular formula is C10H8Cl2O. The average molecular weight is 215 g/mol. The number of carbonyl (C=O) groups excluding carboxylic acids is 1. The van der Waals surface area contributed by atoms with Gasteiger partial charge in [0, 0.05) is 16.0 Å². The fraction of sp³-hybridized carbons (Fsp3) is 0.300. The van der Waals surface area contributed by atoms with Crippen molar-refractivity contribution in [3.05, 3.63) is 33.8 Å². The van der Waals surface area contributed by atoms with Crippen molar-refractivity contribution >= 4 is 29.5 Å². The molecule has 0 spiro atoms. The fourth-order valence-electron chi connectivity index (χ4n) is 1.56. The summed E-state index contributed by atoms with van der Waals surface area (Å²) in [6, 6.07) is 5.43. The Kier molecular flexibility index (Phi) is 2.31. The lowest BCUT2D eigenvalue weighted by Crippen LogP contribution is -1.87. The number of carbonyl (C=O) groups is 1. The molecule has 0 radical (unpaired) electrons. The van der Waals surface area contributed by atoms with Gasteiger partial charge in [-0.2, -0.15) is 0 Å². The molecule has 0 unspecified atom stereocenters. The highest BCUT2D eigenvalue weighted by atomic mass is 35.5. The van der Waals surface area contributed by atoms with Crippen LogP contribution < -0.4 is 0 Å². The molecule has 0 heterocycles. The average Bonchev–Trinajstić information content (AvgIpc) is 2.83. The summed E-state index contributed by atoms with van der Waals surface area (Å²) in [6.45, 7) is 0. The van der Waals surface area contributed by atoms with Crippen LogP contribution >= 0.6 is 23.2 Å². The quantitative estimate of drug-likeness (QED) is 0.691. The van der Waals surface area contributed by atoms with Gasteiger partial charge < -0.3 is 4.79 Å². The molecule has 1 nitrogen and oxygen atoms in total. The summed E-state index contributed by atoms with van der Waals surface area (Å²) in [7, 11) is 0. The second-order valence-corrected chi connectivity index (χ2v) is 4.09. The molecule has 1 fully saturated rings. The number of hydrogen-bond acceptors (Lipinski definition) is 1. The molecule has 1 aliphatic rings. The molecule has 0 aromatic heterocycles. The van der Waals surface area contributed by atoms with Crippen LogP contribution in [-0.2, 0) is 4.79 Å². The summed E-state index contributed by atoms with van der Waals surface area (Å²) in [5, 5.41) is 1.34. The van der Waals surface area contributed by atoms with E-state index in [9.17, 15) is 4.79 Å². The van der Waals surface area contributed by atoms with Gasteiger partial charge in [0.05, 0.1) is 0 Å². The summed E-state index contributed by atoms with van der Waals surface area (Å²) < 4.78 is 0. The molecule has 3 heteroatoms. The van der Waals surface area contributed by atoms with Crippen LogP contribution in [0.3, 0.4) is 0 Å². The molecule has 0 saturated heterocycles. The maximum atomic E-state index is 10.5. The van der Waals surface area contributed by atoms with E-state index in [0.717, 1.165) is 18.3 Å². The van der Waals surface area contributed by atoms with Crippen molar-refractivity contribution in [2.45, 2.75) is 12.3 Å². The minimum Gasteiger partial charge on any atom is -0.303 e. The third-order valence-electron chi connectivity index (χ3n) is 2.39. The largest absolute Gasteiger partial charge is 0.303 e. The van der Waals surface area contributed by atoms with Gasteiger partial charge in [-0.05, 0) is 30.0 Å². The molecule has 1 aromatic rings. The van der Waals surface area contributed by atoms with Crippen molar-refractivity contribution in [3.63, 3.8) is 0 Å². The normalized spacial score (nSPS) is 25.7. The molecule has 2 atom stereocenters. The molecule has 0 bridgehead atoms. The first-order valence-corrected chi connectivity index (χ1v) is 4.89. The highest BCUT2D eigenvalue weighted by Gasteiger charge is 2.40. The van der Waals surface area contributed by atoms with Crippen molar-refractivity contribution in [1.29, 1.82) is 0 Å². The Morgan fingerprint density at radius 1 is 1.31 bits per heavy atom. The summed E-state index contributed by atoms with van der Waals surface area (Å²) in [4.78, 5) is 10.5. The molecule has 0 N–H and O–H groups in total. The molecule has 68 valence electrons. The van der Waals surface area contributed by atoms with Crippen molar-refractivity contribution in [1.82, 2.24) is 0 Å². The second kappa shape index (κ2) is 3.32. The first-order valence-electron chi connectivity index (χ1n) is 4.13. The number of benzene rings is 1. The Morgan fingerprint density at radius 3 is 2.38 bits per heavy atom. The highest BCUT2D eigenvalue weighted by molar-refractivity contribution is 6.36. The van der Waals surface area contributed by atoms with E-state index in [4.69, 9.17) is 23.2 Å². The van der Waals surface area contributed by atoms with E-state index in [-0.39, 0.29) is 11.8 Å². The first kappa shape index (κ1) is 9.04.